The molecule has 26 heavy (non-hydrogen) atoms. The molecule has 0 radical (unpaired) electrons. The zero-order valence-corrected chi connectivity index (χ0v) is 15.1. The van der Waals surface area contributed by atoms with E-state index in [0.29, 0.717) is 22.0 Å². The van der Waals surface area contributed by atoms with Gasteiger partial charge in [0.1, 0.15) is 5.75 Å². The fraction of sp³-hybridized carbons (Fsp3) is 0.0952. The summed E-state index contributed by atoms with van der Waals surface area (Å²) in [6, 6.07) is 20.2. The summed E-state index contributed by atoms with van der Waals surface area (Å²) in [5, 5.41) is 19.0. The molecule has 3 rings (SSSR count). The lowest BCUT2D eigenvalue weighted by Gasteiger charge is -2.01. The van der Waals surface area contributed by atoms with E-state index in [1.165, 1.54) is 5.56 Å². The van der Waals surface area contributed by atoms with Gasteiger partial charge in [-0.15, -0.1) is 0 Å². The lowest BCUT2D eigenvalue weighted by atomic mass is 10.2. The van der Waals surface area contributed by atoms with Crippen molar-refractivity contribution in [2.45, 2.75) is 13.3 Å². The number of rotatable bonds is 5. The van der Waals surface area contributed by atoms with Crippen LogP contribution in [0.15, 0.2) is 82.0 Å². The van der Waals surface area contributed by atoms with Gasteiger partial charge in [-0.25, -0.2) is 0 Å². The predicted molar refractivity (Wildman–Crippen MR) is 107 cm³/mol. The molecule has 0 aliphatic carbocycles. The average molecular weight is 364 g/mol. The van der Waals surface area contributed by atoms with Crippen LogP contribution in [0.5, 0.6) is 5.75 Å². The zero-order valence-electron chi connectivity index (χ0n) is 14.3. The van der Waals surface area contributed by atoms with Crippen molar-refractivity contribution in [2.75, 3.05) is 0 Å². The van der Waals surface area contributed by atoms with Gasteiger partial charge in [-0.3, -0.25) is 4.99 Å². The van der Waals surface area contributed by atoms with Crippen LogP contribution in [0.4, 0.5) is 17.1 Å². The molecule has 0 aromatic heterocycles. The van der Waals surface area contributed by atoms with Crippen LogP contribution in [-0.2, 0) is 6.42 Å². The minimum atomic E-state index is 0.118. The third-order valence-electron chi connectivity index (χ3n) is 3.83. The van der Waals surface area contributed by atoms with Gasteiger partial charge in [-0.1, -0.05) is 42.8 Å². The molecular weight excluding hydrogens is 346 g/mol. The van der Waals surface area contributed by atoms with E-state index in [0.717, 1.165) is 12.1 Å². The quantitative estimate of drug-likeness (QED) is 0.394. The van der Waals surface area contributed by atoms with Crippen molar-refractivity contribution in [2.24, 2.45) is 15.2 Å². The molecule has 0 aliphatic heterocycles. The summed E-state index contributed by atoms with van der Waals surface area (Å²) in [5.41, 5.74) is 3.84. The first-order valence-corrected chi connectivity index (χ1v) is 8.66. The summed E-state index contributed by atoms with van der Waals surface area (Å²) in [4.78, 5) is 4.33. The van der Waals surface area contributed by atoms with Gasteiger partial charge < -0.3 is 5.11 Å². The molecule has 5 heteroatoms. The number of nitrogens with zero attached hydrogens (tertiary/aromatic N) is 3. The van der Waals surface area contributed by atoms with Crippen LogP contribution in [0.25, 0.3) is 0 Å². The van der Waals surface area contributed by atoms with Gasteiger partial charge in [-0.05, 0) is 54.4 Å². The maximum atomic E-state index is 10.0. The lowest BCUT2D eigenvalue weighted by Crippen LogP contribution is -1.82. The topological polar surface area (TPSA) is 57.3 Å². The molecule has 0 saturated heterocycles. The van der Waals surface area contributed by atoms with Gasteiger partial charge in [0.2, 0.25) is 0 Å². The van der Waals surface area contributed by atoms with Crippen molar-refractivity contribution < 1.29 is 5.11 Å². The second kappa shape index (κ2) is 8.41. The molecule has 0 aliphatic rings. The first-order chi connectivity index (χ1) is 12.7. The van der Waals surface area contributed by atoms with Crippen LogP contribution in [0, 0.1) is 0 Å². The van der Waals surface area contributed by atoms with Crippen molar-refractivity contribution in [1.29, 1.82) is 0 Å². The van der Waals surface area contributed by atoms with E-state index < -0.39 is 0 Å². The molecule has 0 atom stereocenters. The Hall–Kier alpha value is -2.98. The molecule has 0 fully saturated rings. The molecule has 3 aromatic carbocycles. The minimum Gasteiger partial charge on any atom is -0.507 e. The Balaban J connectivity index is 1.80. The highest BCUT2D eigenvalue weighted by molar-refractivity contribution is 6.33. The summed E-state index contributed by atoms with van der Waals surface area (Å²) in [7, 11) is 0. The summed E-state index contributed by atoms with van der Waals surface area (Å²) < 4.78 is 0. The van der Waals surface area contributed by atoms with Crippen LogP contribution in [0.3, 0.4) is 0 Å². The van der Waals surface area contributed by atoms with Crippen LogP contribution < -0.4 is 0 Å². The van der Waals surface area contributed by atoms with Gasteiger partial charge in [0.05, 0.1) is 22.1 Å². The number of hydrogen-bond acceptors (Lipinski definition) is 4. The van der Waals surface area contributed by atoms with E-state index in [-0.39, 0.29) is 5.75 Å². The Morgan fingerprint density at radius 1 is 0.923 bits per heavy atom. The molecule has 3 aromatic rings. The number of phenolic OH excluding ortho intramolecular Hbond substituents is 1. The minimum absolute atomic E-state index is 0.118. The molecule has 1 N–H and O–H groups in total. The Kier molecular flexibility index (Phi) is 5.77. The van der Waals surface area contributed by atoms with Crippen LogP contribution in [0.2, 0.25) is 5.02 Å². The Morgan fingerprint density at radius 2 is 1.62 bits per heavy atom. The maximum absolute atomic E-state index is 10.0. The van der Waals surface area contributed by atoms with Crippen molar-refractivity contribution >= 4 is 34.9 Å². The maximum Gasteiger partial charge on any atom is 0.124 e. The Morgan fingerprint density at radius 3 is 2.35 bits per heavy atom. The molecular formula is C21H18ClN3O. The van der Waals surface area contributed by atoms with Gasteiger partial charge >= 0.3 is 0 Å². The van der Waals surface area contributed by atoms with E-state index in [9.17, 15) is 5.11 Å². The average Bonchev–Trinajstić information content (AvgIpc) is 2.68. The second-order valence-corrected chi connectivity index (χ2v) is 6.08. The van der Waals surface area contributed by atoms with Crippen molar-refractivity contribution in [3.05, 3.63) is 82.9 Å². The van der Waals surface area contributed by atoms with Crippen molar-refractivity contribution in [3.8, 4) is 5.75 Å². The van der Waals surface area contributed by atoms with E-state index in [1.807, 2.05) is 36.4 Å². The monoisotopic (exact) mass is 363 g/mol. The lowest BCUT2D eigenvalue weighted by molar-refractivity contribution is 0.474. The molecule has 4 nitrogen and oxygen atoms in total. The number of phenols is 1. The highest BCUT2D eigenvalue weighted by Gasteiger charge is 2.02. The fourth-order valence-electron chi connectivity index (χ4n) is 2.32. The standard InChI is InChI=1S/C21H18ClN3O/c1-2-15-7-9-17(10-8-15)24-25-18-11-12-21(26)16(13-18)14-23-20-6-4-3-5-19(20)22/h3-14,26H,2H2,1H3. The summed E-state index contributed by atoms with van der Waals surface area (Å²) in [5.74, 6) is 0.118. The number of aromatic hydroxyl groups is 1. The van der Waals surface area contributed by atoms with Gasteiger partial charge in [0, 0.05) is 11.8 Å². The molecule has 0 amide bonds. The summed E-state index contributed by atoms with van der Waals surface area (Å²) >= 11 is 6.09. The highest BCUT2D eigenvalue weighted by atomic mass is 35.5. The molecule has 0 heterocycles. The van der Waals surface area contributed by atoms with Crippen LogP contribution in [0.1, 0.15) is 18.1 Å². The number of aliphatic imine (C=N–C) groups is 1. The first-order valence-electron chi connectivity index (χ1n) is 8.28. The predicted octanol–water partition coefficient (Wildman–Crippen LogP) is 6.77. The smallest absolute Gasteiger partial charge is 0.124 e. The van der Waals surface area contributed by atoms with Gasteiger partial charge in [0.15, 0.2) is 0 Å². The number of halogens is 1. The highest BCUT2D eigenvalue weighted by Crippen LogP contribution is 2.27. The van der Waals surface area contributed by atoms with Crippen molar-refractivity contribution in [3.63, 3.8) is 0 Å². The molecule has 0 saturated carbocycles. The number of azo groups is 1. The van der Waals surface area contributed by atoms with E-state index >= 15 is 0 Å². The number of hydrogen-bond donors (Lipinski definition) is 1. The van der Waals surface area contributed by atoms with E-state index in [4.69, 9.17) is 11.6 Å². The van der Waals surface area contributed by atoms with Crippen LogP contribution in [-0.4, -0.2) is 11.3 Å². The first kappa shape index (κ1) is 17.8. The third kappa shape index (κ3) is 4.55. The third-order valence-corrected chi connectivity index (χ3v) is 4.15. The van der Waals surface area contributed by atoms with Crippen LogP contribution >= 0.6 is 11.6 Å². The summed E-state index contributed by atoms with van der Waals surface area (Å²) in [6.45, 7) is 2.11. The fourth-order valence-corrected chi connectivity index (χ4v) is 2.50. The number of benzene rings is 3. The summed E-state index contributed by atoms with van der Waals surface area (Å²) in [6.07, 6.45) is 2.55. The number of aryl methyl sites for hydroxylation is 1. The van der Waals surface area contributed by atoms with Crippen molar-refractivity contribution in [1.82, 2.24) is 0 Å². The number of para-hydroxylation sites is 1. The van der Waals surface area contributed by atoms with E-state index in [2.05, 4.69) is 22.1 Å². The molecule has 130 valence electrons. The zero-order chi connectivity index (χ0) is 18.4. The molecule has 0 unspecified atom stereocenters. The molecule has 0 bridgehead atoms. The largest absolute Gasteiger partial charge is 0.507 e. The SMILES string of the molecule is CCc1ccc(N=Nc2ccc(O)c(C=Nc3ccccc3Cl)c2)cc1. The normalized spacial score (nSPS) is 11.5. The van der Waals surface area contributed by atoms with Gasteiger partial charge in [-0.2, -0.15) is 10.2 Å². The second-order valence-electron chi connectivity index (χ2n) is 5.67. The molecule has 0 spiro atoms. The Bertz CT molecular complexity index is 950. The van der Waals surface area contributed by atoms with E-state index in [1.54, 1.807) is 36.5 Å². The Labute approximate surface area is 157 Å². The van der Waals surface area contributed by atoms with Gasteiger partial charge in [0.25, 0.3) is 0 Å².